The molecule has 0 aliphatic heterocycles. The molecule has 0 saturated heterocycles. The first-order valence-corrected chi connectivity index (χ1v) is 4.26. The summed E-state index contributed by atoms with van der Waals surface area (Å²) >= 11 is 0. The molecule has 0 aliphatic rings. The third-order valence-electron chi connectivity index (χ3n) is 0.200. The van der Waals surface area contributed by atoms with Crippen LogP contribution < -0.4 is 29.6 Å². The zero-order valence-corrected chi connectivity index (χ0v) is 9.24. The van der Waals surface area contributed by atoms with Gasteiger partial charge in [-0.15, -0.1) is 0 Å². The minimum absolute atomic E-state index is 0. The Morgan fingerprint density at radius 3 is 1.08 bits per heavy atom. The summed E-state index contributed by atoms with van der Waals surface area (Å²) in [5.41, 5.74) is 0. The normalized spacial score (nSPS) is 11.2. The van der Waals surface area contributed by atoms with Crippen molar-refractivity contribution in [3.05, 3.63) is 0 Å². The fraction of sp³-hybridized carbons (Fsp3) is 0. The Balaban J connectivity index is -0.000000405. The SMILES string of the molecule is O=S(=O)(O)OOS(=O)(=O)O.[Na+].[OH-]. The molecule has 0 fully saturated rings. The van der Waals surface area contributed by atoms with E-state index < -0.39 is 20.8 Å². The molecule has 0 atom stereocenters. The Morgan fingerprint density at radius 1 is 0.833 bits per heavy atom. The van der Waals surface area contributed by atoms with Crippen LogP contribution in [0.25, 0.3) is 0 Å². The molecule has 0 radical (unpaired) electrons. The fourth-order valence-electron chi connectivity index (χ4n) is 0.0702. The van der Waals surface area contributed by atoms with Crippen molar-refractivity contribution in [2.75, 3.05) is 0 Å². The maximum atomic E-state index is 9.51. The maximum absolute atomic E-state index is 9.51. The van der Waals surface area contributed by atoms with E-state index in [1.165, 1.54) is 0 Å². The fourth-order valence-corrected chi connectivity index (χ4v) is 0.632. The smallest absolute Gasteiger partial charge is 0.870 e. The van der Waals surface area contributed by atoms with Gasteiger partial charge in [0.25, 0.3) is 0 Å². The molecule has 0 aliphatic carbocycles. The van der Waals surface area contributed by atoms with E-state index in [2.05, 4.69) is 8.67 Å². The van der Waals surface area contributed by atoms with E-state index in [0.29, 0.717) is 0 Å². The van der Waals surface area contributed by atoms with Crippen LogP contribution in [-0.2, 0) is 29.5 Å². The van der Waals surface area contributed by atoms with E-state index in [9.17, 15) is 16.8 Å². The van der Waals surface area contributed by atoms with Crippen LogP contribution in [0.1, 0.15) is 0 Å². The summed E-state index contributed by atoms with van der Waals surface area (Å²) in [6.45, 7) is 0. The summed E-state index contributed by atoms with van der Waals surface area (Å²) in [6.07, 6.45) is 0. The van der Waals surface area contributed by atoms with Crippen molar-refractivity contribution in [1.29, 1.82) is 0 Å². The monoisotopic (exact) mass is 234 g/mol. The van der Waals surface area contributed by atoms with Gasteiger partial charge in [0.05, 0.1) is 0 Å². The van der Waals surface area contributed by atoms with Crippen molar-refractivity contribution in [3.8, 4) is 0 Å². The molecule has 9 nitrogen and oxygen atoms in total. The first-order chi connectivity index (χ1) is 4.21. The molecule has 0 aromatic rings. The predicted octanol–water partition coefficient (Wildman–Crippen LogP) is -4.63. The van der Waals surface area contributed by atoms with Gasteiger partial charge < -0.3 is 5.48 Å². The van der Waals surface area contributed by atoms with Gasteiger partial charge in [-0.2, -0.15) is 16.8 Å². The minimum atomic E-state index is -5.02. The number of hydrogen-bond acceptors (Lipinski definition) is 7. The quantitative estimate of drug-likeness (QED) is 0.212. The van der Waals surface area contributed by atoms with E-state index in [-0.39, 0.29) is 35.0 Å². The van der Waals surface area contributed by atoms with Gasteiger partial charge in [0.15, 0.2) is 0 Å². The third-order valence-corrected chi connectivity index (χ3v) is 0.766. The summed E-state index contributed by atoms with van der Waals surface area (Å²) in [5.74, 6) is 0. The van der Waals surface area contributed by atoms with Crippen LogP contribution in [-0.4, -0.2) is 31.4 Å². The predicted molar refractivity (Wildman–Crippen MR) is 27.2 cm³/mol. The van der Waals surface area contributed by atoms with Gasteiger partial charge in [0, 0.05) is 0 Å². The Kier molecular flexibility index (Phi) is 9.54. The van der Waals surface area contributed by atoms with Crippen molar-refractivity contribution in [3.63, 3.8) is 0 Å². The van der Waals surface area contributed by atoms with Crippen LogP contribution >= 0.6 is 0 Å². The minimum Gasteiger partial charge on any atom is -0.870 e. The van der Waals surface area contributed by atoms with E-state index in [1.54, 1.807) is 0 Å². The first-order valence-electron chi connectivity index (χ1n) is 1.53. The summed E-state index contributed by atoms with van der Waals surface area (Å²) in [7, 11) is -10.0. The van der Waals surface area contributed by atoms with Crippen molar-refractivity contribution < 1.29 is 69.6 Å². The molecule has 70 valence electrons. The zero-order chi connectivity index (χ0) is 8.41. The largest absolute Gasteiger partial charge is 1.00 e. The van der Waals surface area contributed by atoms with Gasteiger partial charge in [0.2, 0.25) is 0 Å². The van der Waals surface area contributed by atoms with Gasteiger partial charge in [-0.1, -0.05) is 8.67 Å². The number of hydrogen-bond donors (Lipinski definition) is 2. The molecule has 0 aromatic heterocycles. The van der Waals surface area contributed by atoms with Crippen LogP contribution in [0.3, 0.4) is 0 Å². The van der Waals surface area contributed by atoms with Crippen molar-refractivity contribution in [2.45, 2.75) is 0 Å². The molecule has 0 saturated carbocycles. The average Bonchev–Trinajstić information content (AvgIpc) is 1.57. The molecule has 0 unspecified atom stereocenters. The van der Waals surface area contributed by atoms with Crippen LogP contribution in [0.5, 0.6) is 0 Å². The van der Waals surface area contributed by atoms with E-state index in [1.807, 2.05) is 0 Å². The van der Waals surface area contributed by atoms with Crippen LogP contribution in [0.4, 0.5) is 0 Å². The summed E-state index contributed by atoms with van der Waals surface area (Å²) in [5, 5.41) is 0. The second kappa shape index (κ2) is 6.20. The molecule has 0 amide bonds. The topological polar surface area (TPSA) is 157 Å². The van der Waals surface area contributed by atoms with E-state index in [4.69, 9.17) is 9.11 Å². The van der Waals surface area contributed by atoms with Gasteiger partial charge in [-0.3, -0.25) is 9.11 Å². The molecular formula is H3NaO9S2. The molecule has 0 rings (SSSR count). The number of rotatable bonds is 3. The molecular weight excluding hydrogens is 231 g/mol. The van der Waals surface area contributed by atoms with Gasteiger partial charge in [-0.05, 0) is 0 Å². The van der Waals surface area contributed by atoms with E-state index >= 15 is 0 Å². The molecule has 0 bridgehead atoms. The summed E-state index contributed by atoms with van der Waals surface area (Å²) < 4.78 is 58.9. The van der Waals surface area contributed by atoms with Crippen LogP contribution in [0.15, 0.2) is 0 Å². The molecule has 3 N–H and O–H groups in total. The standard InChI is InChI=1S/Na.H2O8S2.H2O/c;1-9(2,3)7-8-10(4,5)6;/h;(H,1,2,3)(H,4,5,6);1H2/q+1;;/p-1. The molecule has 12 heteroatoms. The van der Waals surface area contributed by atoms with Gasteiger partial charge >= 0.3 is 50.4 Å². The van der Waals surface area contributed by atoms with E-state index in [0.717, 1.165) is 0 Å². The second-order valence-corrected chi connectivity index (χ2v) is 2.97. The van der Waals surface area contributed by atoms with Gasteiger partial charge in [0.1, 0.15) is 0 Å². The summed E-state index contributed by atoms with van der Waals surface area (Å²) in [6, 6.07) is 0. The Bertz CT molecular complexity index is 248. The average molecular weight is 234 g/mol. The van der Waals surface area contributed by atoms with Crippen molar-refractivity contribution >= 4 is 20.8 Å². The molecule has 0 aromatic carbocycles. The maximum Gasteiger partial charge on any atom is 1.00 e. The summed E-state index contributed by atoms with van der Waals surface area (Å²) in [4.78, 5) is 0. The Morgan fingerprint density at radius 2 is 1.00 bits per heavy atom. The molecule has 0 heterocycles. The van der Waals surface area contributed by atoms with Crippen LogP contribution in [0.2, 0.25) is 0 Å². The first kappa shape index (κ1) is 18.5. The van der Waals surface area contributed by atoms with Crippen molar-refractivity contribution in [2.24, 2.45) is 0 Å². The van der Waals surface area contributed by atoms with Crippen molar-refractivity contribution in [1.82, 2.24) is 0 Å². The zero-order valence-electron chi connectivity index (χ0n) is 5.61. The Hall–Kier alpha value is 0.700. The van der Waals surface area contributed by atoms with Gasteiger partial charge in [-0.25, -0.2) is 0 Å². The van der Waals surface area contributed by atoms with Crippen LogP contribution in [0, 0.1) is 0 Å². The third kappa shape index (κ3) is 17.0. The second-order valence-electron chi connectivity index (χ2n) is 0.992. The molecule has 0 spiro atoms. The molecule has 12 heavy (non-hydrogen) atoms. The Labute approximate surface area is 90.1 Å².